The zero-order valence-electron chi connectivity index (χ0n) is 31.1. The second kappa shape index (κ2) is 18.8. The molecular formula is C39H52F2N8O4. The summed E-state index contributed by atoms with van der Waals surface area (Å²) in [6, 6.07) is 19.6. The second-order valence-electron chi connectivity index (χ2n) is 14.4. The molecule has 0 bridgehead atoms. The Balaban J connectivity index is 1.11. The lowest BCUT2D eigenvalue weighted by atomic mass is 9.92. The predicted octanol–water partition coefficient (Wildman–Crippen LogP) is 5.26. The number of hydrogen-bond acceptors (Lipinski definition) is 10. The number of carbonyl (C=O) groups excluding carboxylic acids is 1. The van der Waals surface area contributed by atoms with Crippen molar-refractivity contribution in [2.75, 3.05) is 80.9 Å². The van der Waals surface area contributed by atoms with Gasteiger partial charge in [-0.05, 0) is 72.9 Å². The zero-order chi connectivity index (χ0) is 37.8. The van der Waals surface area contributed by atoms with Crippen LogP contribution in [0, 0.1) is 17.0 Å². The fraction of sp³-hybridized carbons (Fsp3) is 0.462. The normalized spacial score (nSPS) is 16.2. The fourth-order valence-corrected chi connectivity index (χ4v) is 6.02. The van der Waals surface area contributed by atoms with Crippen molar-refractivity contribution >= 4 is 36.1 Å². The van der Waals surface area contributed by atoms with Crippen molar-refractivity contribution in [1.29, 1.82) is 0 Å². The van der Waals surface area contributed by atoms with Crippen LogP contribution in [0.25, 0.3) is 0 Å². The van der Waals surface area contributed by atoms with Gasteiger partial charge >= 0.3 is 0 Å². The molecule has 14 heteroatoms. The van der Waals surface area contributed by atoms with Crippen LogP contribution in [0.4, 0.5) is 25.8 Å². The molecule has 5 rings (SSSR count). The highest BCUT2D eigenvalue weighted by Crippen LogP contribution is 2.27. The molecule has 12 nitrogen and oxygen atoms in total. The van der Waals surface area contributed by atoms with Crippen molar-refractivity contribution in [1.82, 2.24) is 15.4 Å². The largest absolute Gasteiger partial charge is 0.491 e. The van der Waals surface area contributed by atoms with Crippen LogP contribution in [0.5, 0.6) is 5.75 Å². The summed E-state index contributed by atoms with van der Waals surface area (Å²) < 4.78 is 40.5. The minimum Gasteiger partial charge on any atom is -0.491 e. The molecule has 0 spiro atoms. The van der Waals surface area contributed by atoms with E-state index in [1.807, 2.05) is 36.2 Å². The van der Waals surface area contributed by atoms with Crippen LogP contribution in [0.3, 0.4) is 0 Å². The summed E-state index contributed by atoms with van der Waals surface area (Å²) in [7, 11) is 1.92. The number of hydrazone groups is 1. The summed E-state index contributed by atoms with van der Waals surface area (Å²) in [4.78, 5) is 22.2. The number of nitrogens with zero attached hydrogens (tertiary/aromatic N) is 7. The molecule has 0 aromatic heterocycles. The number of aliphatic hydroxyl groups is 1. The quantitative estimate of drug-likeness (QED) is 0.0832. The van der Waals surface area contributed by atoms with Gasteiger partial charge in [0.1, 0.15) is 55.5 Å². The molecule has 0 aliphatic carbocycles. The number of hydrogen-bond donors (Lipinski definition) is 2. The number of anilines is 3. The predicted molar refractivity (Wildman–Crippen MR) is 205 cm³/mol. The van der Waals surface area contributed by atoms with Crippen LogP contribution in [0.1, 0.15) is 45.3 Å². The van der Waals surface area contributed by atoms with Crippen molar-refractivity contribution in [3.8, 4) is 5.75 Å². The lowest BCUT2D eigenvalue weighted by Gasteiger charge is -2.28. The molecule has 0 radical (unpaired) electrons. The smallest absolute Gasteiger partial charge is 0.229 e. The number of rotatable bonds is 17. The van der Waals surface area contributed by atoms with Crippen LogP contribution < -0.4 is 24.9 Å². The van der Waals surface area contributed by atoms with E-state index in [0.29, 0.717) is 19.0 Å². The van der Waals surface area contributed by atoms with Crippen LogP contribution in [0.15, 0.2) is 76.8 Å². The Hall–Kier alpha value is -4.79. The van der Waals surface area contributed by atoms with Gasteiger partial charge in [-0.25, -0.2) is 19.2 Å². The number of hydrazine groups is 1. The molecule has 286 valence electrons. The fourth-order valence-electron chi connectivity index (χ4n) is 6.02. The maximum atomic E-state index is 14.7. The molecule has 2 N–H and O–H groups in total. The van der Waals surface area contributed by atoms with E-state index < -0.39 is 23.8 Å². The standard InChI is InChI=1S/C39H52F2N8O4/c1-39(2,3)16-19-48(29-51)44-28-45(4)31-7-9-32(10-8-31)46-17-5-18-47(21-20-46)33-11-13-34(14-12-33)52-25-35(24-50)53-38(23-49-27-42-26-43-49)36-15-6-30(40)22-37(36)41/h6-15,22,27-29,35,38,43,50H,5,16-21,23-26H2,1-4H3/b44-28-/t35-,38?/m1/s1. The number of carbonyl (C=O) groups is 1. The average Bonchev–Trinajstić information content (AvgIpc) is 3.54. The van der Waals surface area contributed by atoms with Crippen molar-refractivity contribution < 1.29 is 28.2 Å². The van der Waals surface area contributed by atoms with Crippen molar-refractivity contribution in [2.24, 2.45) is 15.5 Å². The lowest BCUT2D eigenvalue weighted by molar-refractivity contribution is -0.118. The monoisotopic (exact) mass is 734 g/mol. The van der Waals surface area contributed by atoms with Gasteiger partial charge in [-0.3, -0.25) is 14.8 Å². The van der Waals surface area contributed by atoms with Gasteiger partial charge in [0.05, 0.1) is 13.2 Å². The highest BCUT2D eigenvalue weighted by Gasteiger charge is 2.25. The van der Waals surface area contributed by atoms with E-state index in [9.17, 15) is 18.7 Å². The summed E-state index contributed by atoms with van der Waals surface area (Å²) in [5.41, 5.74) is 6.54. The van der Waals surface area contributed by atoms with E-state index >= 15 is 0 Å². The van der Waals surface area contributed by atoms with Gasteiger partial charge in [0.15, 0.2) is 0 Å². The van der Waals surface area contributed by atoms with E-state index in [0.717, 1.165) is 68.6 Å². The highest BCUT2D eigenvalue weighted by atomic mass is 19.1. The molecule has 0 saturated carbocycles. The van der Waals surface area contributed by atoms with Crippen LogP contribution in [0.2, 0.25) is 0 Å². The van der Waals surface area contributed by atoms with Gasteiger partial charge in [-0.15, -0.1) is 0 Å². The minimum absolute atomic E-state index is 0.0331. The topological polar surface area (TPSA) is 109 Å². The Labute approximate surface area is 311 Å². The SMILES string of the molecule is CN(/C=N\N(C=O)CCC(C)(C)C)c1ccc(N2CCCN(c3ccc(OC[C@@H](CO)OC(CN4C=NCN4)c4ccc(F)cc4F)cc3)CC2)cc1. The summed E-state index contributed by atoms with van der Waals surface area (Å²) in [6.07, 6.45) is 4.29. The van der Waals surface area contributed by atoms with Gasteiger partial charge in [0, 0.05) is 68.5 Å². The van der Waals surface area contributed by atoms with E-state index in [-0.39, 0.29) is 30.7 Å². The maximum absolute atomic E-state index is 14.7. The molecule has 1 unspecified atom stereocenters. The molecule has 2 heterocycles. The molecule has 3 aromatic carbocycles. The lowest BCUT2D eigenvalue weighted by Crippen LogP contribution is -2.38. The Morgan fingerprint density at radius 1 is 1.00 bits per heavy atom. The summed E-state index contributed by atoms with van der Waals surface area (Å²) >= 11 is 0. The molecule has 53 heavy (non-hydrogen) atoms. The minimum atomic E-state index is -0.818. The first kappa shape index (κ1) is 39.4. The molecule has 2 atom stereocenters. The average molecular weight is 735 g/mol. The third kappa shape index (κ3) is 11.9. The Bertz CT molecular complexity index is 1650. The molecule has 3 aromatic rings. The summed E-state index contributed by atoms with van der Waals surface area (Å²) in [5, 5.41) is 17.5. The number of nitrogens with one attached hydrogen (secondary N) is 1. The van der Waals surface area contributed by atoms with Crippen molar-refractivity contribution in [3.05, 3.63) is 83.9 Å². The second-order valence-corrected chi connectivity index (χ2v) is 14.4. The van der Waals surface area contributed by atoms with Gasteiger partial charge in [-0.2, -0.15) is 5.10 Å². The van der Waals surface area contributed by atoms with E-state index in [2.05, 4.69) is 70.4 Å². The maximum Gasteiger partial charge on any atom is 0.229 e. The highest BCUT2D eigenvalue weighted by molar-refractivity contribution is 5.79. The first-order valence-corrected chi connectivity index (χ1v) is 18.0. The van der Waals surface area contributed by atoms with Gasteiger partial charge < -0.3 is 29.3 Å². The van der Waals surface area contributed by atoms with E-state index in [1.165, 1.54) is 17.1 Å². The molecule has 1 fully saturated rings. The molecular weight excluding hydrogens is 682 g/mol. The molecule has 2 aliphatic rings. The molecule has 1 amide bonds. The first-order valence-electron chi connectivity index (χ1n) is 18.0. The van der Waals surface area contributed by atoms with Gasteiger partial charge in [-0.1, -0.05) is 26.8 Å². The molecule has 2 aliphatic heterocycles. The van der Waals surface area contributed by atoms with Crippen molar-refractivity contribution in [3.63, 3.8) is 0 Å². The Kier molecular flexibility index (Phi) is 14.0. The number of benzene rings is 3. The Morgan fingerprint density at radius 3 is 2.26 bits per heavy atom. The number of aliphatic hydroxyl groups excluding tert-OH is 1. The van der Waals surface area contributed by atoms with Crippen LogP contribution in [-0.2, 0) is 9.53 Å². The van der Waals surface area contributed by atoms with Gasteiger partial charge in [0.25, 0.3) is 0 Å². The number of halogens is 2. The van der Waals surface area contributed by atoms with Crippen LogP contribution >= 0.6 is 0 Å². The number of amides is 1. The van der Waals surface area contributed by atoms with E-state index in [1.54, 1.807) is 17.7 Å². The molecule has 1 saturated heterocycles. The third-order valence-electron chi connectivity index (χ3n) is 9.16. The summed E-state index contributed by atoms with van der Waals surface area (Å²) in [5.74, 6) is -0.791. The Morgan fingerprint density at radius 2 is 1.68 bits per heavy atom. The van der Waals surface area contributed by atoms with E-state index in [4.69, 9.17) is 9.47 Å². The zero-order valence-corrected chi connectivity index (χ0v) is 31.1. The van der Waals surface area contributed by atoms with Crippen LogP contribution in [-0.4, -0.2) is 107 Å². The van der Waals surface area contributed by atoms with Crippen molar-refractivity contribution in [2.45, 2.75) is 45.8 Å². The first-order chi connectivity index (χ1) is 25.5. The summed E-state index contributed by atoms with van der Waals surface area (Å²) in [6.45, 7) is 10.8. The third-order valence-corrected chi connectivity index (χ3v) is 9.16. The van der Waals surface area contributed by atoms with Gasteiger partial charge in [0.2, 0.25) is 6.41 Å². The number of aliphatic imine (C=N–C) groups is 1. The number of ether oxygens (including phenoxy) is 2.